The zero-order valence-corrected chi connectivity index (χ0v) is 17.5. The Morgan fingerprint density at radius 3 is 2.68 bits per heavy atom. The first-order valence-corrected chi connectivity index (χ1v) is 10.8. The molecule has 150 valence electrons. The van der Waals surface area contributed by atoms with E-state index < -0.39 is 0 Å². The second kappa shape index (κ2) is 9.80. The second-order valence-corrected chi connectivity index (χ2v) is 7.42. The number of fused-ring (bicyclic) bond motifs is 1. The van der Waals surface area contributed by atoms with Crippen LogP contribution in [0.4, 0.5) is 0 Å². The third-order valence-electron chi connectivity index (χ3n) is 4.89. The summed E-state index contributed by atoms with van der Waals surface area (Å²) in [6.45, 7) is 9.47. The van der Waals surface area contributed by atoms with Gasteiger partial charge in [0.15, 0.2) is 5.16 Å². The number of nitrogens with one attached hydrogen (secondary N) is 1. The molecule has 0 fully saturated rings. The molecule has 1 atom stereocenters. The van der Waals surface area contributed by atoms with Crippen LogP contribution in [0, 0.1) is 0 Å². The molecule has 0 aliphatic carbocycles. The monoisotopic (exact) mass is 400 g/mol. The van der Waals surface area contributed by atoms with Crippen molar-refractivity contribution in [3.8, 4) is 0 Å². The van der Waals surface area contributed by atoms with Crippen molar-refractivity contribution in [2.75, 3.05) is 25.4 Å². The zero-order chi connectivity index (χ0) is 19.9. The van der Waals surface area contributed by atoms with Crippen molar-refractivity contribution in [3.05, 3.63) is 48.4 Å². The van der Waals surface area contributed by atoms with E-state index in [9.17, 15) is 4.79 Å². The average Bonchev–Trinajstić information content (AvgIpc) is 3.36. The highest BCUT2D eigenvalue weighted by Gasteiger charge is 2.21. The fraction of sp³-hybridized carbons (Fsp3) is 0.429. The topological polar surface area (TPSA) is 63.3 Å². The summed E-state index contributed by atoms with van der Waals surface area (Å²) in [6, 6.07) is 12.0. The summed E-state index contributed by atoms with van der Waals surface area (Å²) in [7, 11) is 0. The largest absolute Gasteiger partial charge is 0.468 e. The molecule has 6 nitrogen and oxygen atoms in total. The summed E-state index contributed by atoms with van der Waals surface area (Å²) < 4.78 is 7.74. The van der Waals surface area contributed by atoms with E-state index in [4.69, 9.17) is 4.42 Å². The molecule has 1 N–H and O–H groups in total. The van der Waals surface area contributed by atoms with E-state index in [-0.39, 0.29) is 11.9 Å². The summed E-state index contributed by atoms with van der Waals surface area (Å²) in [5.41, 5.74) is 2.07. The van der Waals surface area contributed by atoms with Crippen LogP contribution in [0.25, 0.3) is 11.0 Å². The van der Waals surface area contributed by atoms with Crippen molar-refractivity contribution in [1.29, 1.82) is 0 Å². The molecule has 0 spiro atoms. The molecule has 1 unspecified atom stereocenters. The average molecular weight is 401 g/mol. The number of carbonyl (C=O) groups excluding carboxylic acids is 1. The first-order valence-electron chi connectivity index (χ1n) is 9.80. The number of para-hydroxylation sites is 2. The van der Waals surface area contributed by atoms with E-state index in [1.54, 1.807) is 6.26 Å². The minimum absolute atomic E-state index is 0.00317. The van der Waals surface area contributed by atoms with Crippen LogP contribution in [-0.4, -0.2) is 45.7 Å². The third-order valence-corrected chi connectivity index (χ3v) is 5.86. The van der Waals surface area contributed by atoms with Crippen LogP contribution in [0.15, 0.2) is 52.2 Å². The van der Waals surface area contributed by atoms with Gasteiger partial charge in [0.2, 0.25) is 5.91 Å². The predicted molar refractivity (Wildman–Crippen MR) is 114 cm³/mol. The first-order chi connectivity index (χ1) is 13.7. The Bertz CT molecular complexity index is 887. The Morgan fingerprint density at radius 2 is 2.00 bits per heavy atom. The maximum atomic E-state index is 12.5. The van der Waals surface area contributed by atoms with Crippen LogP contribution in [0.2, 0.25) is 0 Å². The number of likely N-dealkylation sites (N-methyl/N-ethyl adjacent to an activating group) is 1. The second-order valence-electron chi connectivity index (χ2n) is 6.47. The van der Waals surface area contributed by atoms with Crippen LogP contribution in [0.3, 0.4) is 0 Å². The lowest BCUT2D eigenvalue weighted by atomic mass is 10.2. The highest BCUT2D eigenvalue weighted by atomic mass is 32.2. The molecule has 2 aromatic heterocycles. The summed E-state index contributed by atoms with van der Waals surface area (Å²) in [6.07, 6.45) is 1.68. The molecule has 7 heteroatoms. The van der Waals surface area contributed by atoms with Gasteiger partial charge in [0.05, 0.1) is 29.1 Å². The molecule has 0 bridgehead atoms. The molecule has 1 aromatic carbocycles. The number of hydrogen-bond acceptors (Lipinski definition) is 5. The number of thioether (sulfide) groups is 1. The van der Waals surface area contributed by atoms with Gasteiger partial charge in [-0.15, -0.1) is 0 Å². The molecule has 0 saturated carbocycles. The molecule has 0 aliphatic rings. The standard InChI is InChI=1S/C21H28N4O2S/c1-4-24(5-2)18(19-12-9-13-27-19)14-22-20(26)15-28-21-23-16-10-7-8-11-17(16)25(21)6-3/h7-13,18H,4-6,14-15H2,1-3H3,(H,22,26). The number of imidazole rings is 1. The number of amides is 1. The van der Waals surface area contributed by atoms with Crippen LogP contribution in [-0.2, 0) is 11.3 Å². The minimum atomic E-state index is 0.00317. The van der Waals surface area contributed by atoms with Gasteiger partial charge in [0.25, 0.3) is 0 Å². The van der Waals surface area contributed by atoms with Crippen molar-refractivity contribution < 1.29 is 9.21 Å². The van der Waals surface area contributed by atoms with Gasteiger partial charge in [-0.1, -0.05) is 37.7 Å². The maximum absolute atomic E-state index is 12.5. The van der Waals surface area contributed by atoms with E-state index in [1.807, 2.05) is 30.3 Å². The lowest BCUT2D eigenvalue weighted by molar-refractivity contribution is -0.118. The van der Waals surface area contributed by atoms with Gasteiger partial charge in [0, 0.05) is 13.1 Å². The van der Waals surface area contributed by atoms with Crippen molar-refractivity contribution >= 4 is 28.7 Å². The van der Waals surface area contributed by atoms with E-state index in [2.05, 4.69) is 46.6 Å². The van der Waals surface area contributed by atoms with Gasteiger partial charge in [-0.05, 0) is 44.3 Å². The number of furan rings is 1. The van der Waals surface area contributed by atoms with Gasteiger partial charge in [-0.25, -0.2) is 4.98 Å². The smallest absolute Gasteiger partial charge is 0.230 e. The number of hydrogen-bond donors (Lipinski definition) is 1. The van der Waals surface area contributed by atoms with Crippen LogP contribution in [0.5, 0.6) is 0 Å². The van der Waals surface area contributed by atoms with E-state index in [0.29, 0.717) is 12.3 Å². The summed E-state index contributed by atoms with van der Waals surface area (Å²) in [5.74, 6) is 1.22. The van der Waals surface area contributed by atoms with E-state index in [0.717, 1.165) is 41.6 Å². The van der Waals surface area contributed by atoms with Crippen LogP contribution in [0.1, 0.15) is 32.6 Å². The van der Waals surface area contributed by atoms with Gasteiger partial charge in [-0.2, -0.15) is 0 Å². The number of nitrogens with zero attached hydrogens (tertiary/aromatic N) is 3. The third kappa shape index (κ3) is 4.59. The SMILES string of the molecule is CCN(CC)C(CNC(=O)CSc1nc2ccccc2n1CC)c1ccco1. The number of carbonyl (C=O) groups is 1. The van der Waals surface area contributed by atoms with Gasteiger partial charge in [0.1, 0.15) is 5.76 Å². The summed E-state index contributed by atoms with van der Waals surface area (Å²) in [4.78, 5) is 19.4. The van der Waals surface area contributed by atoms with Crippen LogP contribution >= 0.6 is 11.8 Å². The van der Waals surface area contributed by atoms with Crippen LogP contribution < -0.4 is 5.32 Å². The normalized spacial score (nSPS) is 12.6. The van der Waals surface area contributed by atoms with Crippen molar-refractivity contribution in [3.63, 3.8) is 0 Å². The highest BCUT2D eigenvalue weighted by Crippen LogP contribution is 2.24. The molecule has 1 amide bonds. The zero-order valence-electron chi connectivity index (χ0n) is 16.7. The molecule has 0 saturated heterocycles. The fourth-order valence-corrected chi connectivity index (χ4v) is 4.32. The van der Waals surface area contributed by atoms with Gasteiger partial charge >= 0.3 is 0 Å². The minimum Gasteiger partial charge on any atom is -0.468 e. The molecular formula is C21H28N4O2S. The Hall–Kier alpha value is -2.25. The Balaban J connectivity index is 1.61. The molecule has 0 aliphatic heterocycles. The highest BCUT2D eigenvalue weighted by molar-refractivity contribution is 7.99. The Morgan fingerprint density at radius 1 is 1.21 bits per heavy atom. The summed E-state index contributed by atoms with van der Waals surface area (Å²) >= 11 is 1.48. The molecule has 0 radical (unpaired) electrons. The molecule has 3 rings (SSSR count). The van der Waals surface area contributed by atoms with E-state index >= 15 is 0 Å². The first kappa shape index (κ1) is 20.5. The molecule has 2 heterocycles. The maximum Gasteiger partial charge on any atom is 0.230 e. The number of aryl methyl sites for hydroxylation is 1. The number of aromatic nitrogens is 2. The molecule has 28 heavy (non-hydrogen) atoms. The molecular weight excluding hydrogens is 372 g/mol. The quantitative estimate of drug-likeness (QED) is 0.522. The lowest BCUT2D eigenvalue weighted by Crippen LogP contribution is -2.38. The molecule has 3 aromatic rings. The summed E-state index contributed by atoms with van der Waals surface area (Å²) in [5, 5.41) is 3.94. The number of rotatable bonds is 10. The van der Waals surface area contributed by atoms with Crippen molar-refractivity contribution in [1.82, 2.24) is 19.8 Å². The Labute approximate surface area is 170 Å². The lowest BCUT2D eigenvalue weighted by Gasteiger charge is -2.28. The van der Waals surface area contributed by atoms with Crippen molar-refractivity contribution in [2.24, 2.45) is 0 Å². The Kier molecular flexibility index (Phi) is 7.17. The van der Waals surface area contributed by atoms with Crippen molar-refractivity contribution in [2.45, 2.75) is 38.5 Å². The number of benzene rings is 1. The van der Waals surface area contributed by atoms with Gasteiger partial charge in [-0.3, -0.25) is 9.69 Å². The van der Waals surface area contributed by atoms with Gasteiger partial charge < -0.3 is 14.3 Å². The fourth-order valence-electron chi connectivity index (χ4n) is 3.42. The van der Waals surface area contributed by atoms with E-state index in [1.165, 1.54) is 11.8 Å². The predicted octanol–water partition coefficient (Wildman–Crippen LogP) is 3.94.